The highest BCUT2D eigenvalue weighted by Crippen LogP contribution is 2.35. The van der Waals surface area contributed by atoms with Gasteiger partial charge < -0.3 is 5.11 Å². The number of phenolic OH excluding ortho intramolecular Hbond substituents is 1. The number of hydrogen-bond donors (Lipinski definition) is 2. The third kappa shape index (κ3) is 5.26. The number of aryl methyl sites for hydroxylation is 1. The Hall–Kier alpha value is -2.55. The fourth-order valence-electron chi connectivity index (χ4n) is 3.04. The Kier molecular flexibility index (Phi) is 7.03. The summed E-state index contributed by atoms with van der Waals surface area (Å²) in [5.74, 6) is 0.594. The van der Waals surface area contributed by atoms with Crippen LogP contribution in [0.3, 0.4) is 0 Å². The van der Waals surface area contributed by atoms with Crippen molar-refractivity contribution in [1.82, 2.24) is 10.4 Å². The molecule has 0 saturated heterocycles. The number of para-hydroxylation sites is 1. The third-order valence-corrected chi connectivity index (χ3v) is 6.29. The van der Waals surface area contributed by atoms with Crippen LogP contribution < -0.4 is 5.43 Å². The summed E-state index contributed by atoms with van der Waals surface area (Å²) >= 11 is 10.6. The van der Waals surface area contributed by atoms with E-state index in [-0.39, 0.29) is 5.75 Å². The Morgan fingerprint density at radius 1 is 0.969 bits per heavy atom. The van der Waals surface area contributed by atoms with Gasteiger partial charge in [-0.3, -0.25) is 5.43 Å². The number of aromatic nitrogens is 1. The van der Waals surface area contributed by atoms with Crippen LogP contribution in [0.1, 0.15) is 16.8 Å². The summed E-state index contributed by atoms with van der Waals surface area (Å²) in [6.45, 7) is 2.02. The first-order valence-corrected chi connectivity index (χ1v) is 12.0. The lowest BCUT2D eigenvalue weighted by Gasteiger charge is -2.10. The minimum atomic E-state index is 0.130. The zero-order chi connectivity index (χ0) is 22.7. The molecule has 0 bridgehead atoms. The number of aromatic hydroxyl groups is 1. The Morgan fingerprint density at radius 3 is 2.50 bits per heavy atom. The number of pyridine rings is 1. The molecule has 0 atom stereocenters. The fraction of sp³-hybridized carbons (Fsp3) is 0.0417. The van der Waals surface area contributed by atoms with Crippen molar-refractivity contribution in [3.8, 4) is 5.75 Å². The number of hydrazone groups is 1. The number of nitrogens with zero attached hydrogens (tertiary/aromatic N) is 3. The van der Waals surface area contributed by atoms with E-state index >= 15 is 0 Å². The smallest absolute Gasteiger partial charge is 0.173 e. The molecular formula is C24H17Br3N4O. The number of aliphatic imine (C=N–C) groups is 1. The van der Waals surface area contributed by atoms with Gasteiger partial charge >= 0.3 is 0 Å². The second kappa shape index (κ2) is 9.94. The highest BCUT2D eigenvalue weighted by Gasteiger charge is 2.11. The van der Waals surface area contributed by atoms with Crippen LogP contribution in [0.2, 0.25) is 0 Å². The van der Waals surface area contributed by atoms with E-state index in [1.807, 2.05) is 55.5 Å². The minimum absolute atomic E-state index is 0.130. The first kappa shape index (κ1) is 22.6. The molecule has 2 N–H and O–H groups in total. The second-order valence-corrected chi connectivity index (χ2v) is 9.62. The molecular weight excluding hydrogens is 600 g/mol. The van der Waals surface area contributed by atoms with E-state index < -0.39 is 0 Å². The highest BCUT2D eigenvalue weighted by molar-refractivity contribution is 9.11. The molecule has 0 unspecified atom stereocenters. The van der Waals surface area contributed by atoms with Crippen LogP contribution in [0.5, 0.6) is 5.75 Å². The van der Waals surface area contributed by atoms with Crippen LogP contribution in [-0.4, -0.2) is 22.1 Å². The molecule has 160 valence electrons. The van der Waals surface area contributed by atoms with Crippen molar-refractivity contribution in [3.05, 3.63) is 97.0 Å². The van der Waals surface area contributed by atoms with Crippen LogP contribution in [-0.2, 0) is 0 Å². The third-order valence-electron chi connectivity index (χ3n) is 4.59. The minimum Gasteiger partial charge on any atom is -0.507 e. The van der Waals surface area contributed by atoms with Crippen molar-refractivity contribution in [2.45, 2.75) is 6.92 Å². The van der Waals surface area contributed by atoms with Gasteiger partial charge in [0.15, 0.2) is 5.84 Å². The molecule has 5 nitrogen and oxygen atoms in total. The van der Waals surface area contributed by atoms with Crippen LogP contribution in [0.4, 0.5) is 5.69 Å². The van der Waals surface area contributed by atoms with Crippen LogP contribution in [0.25, 0.3) is 10.9 Å². The van der Waals surface area contributed by atoms with Gasteiger partial charge in [0.25, 0.3) is 0 Å². The summed E-state index contributed by atoms with van der Waals surface area (Å²) in [4.78, 5) is 9.56. The molecule has 1 aromatic heterocycles. The Morgan fingerprint density at radius 2 is 1.72 bits per heavy atom. The molecule has 0 aliphatic heterocycles. The molecule has 0 spiro atoms. The van der Waals surface area contributed by atoms with E-state index in [0.29, 0.717) is 22.8 Å². The van der Waals surface area contributed by atoms with E-state index in [0.717, 1.165) is 29.9 Å². The van der Waals surface area contributed by atoms with Gasteiger partial charge in [0.05, 0.1) is 17.4 Å². The standard InChI is InChI=1S/C24H17Br3N4O/c1-14-10-18(26)23(19(27)11-14)30-24(21-8-6-15-4-2-3-5-20(15)29-21)31-28-13-16-12-17(25)7-9-22(16)32/h2-13,32H,1H3,(H,30,31). The van der Waals surface area contributed by atoms with E-state index in [2.05, 4.69) is 58.3 Å². The summed E-state index contributed by atoms with van der Waals surface area (Å²) < 4.78 is 2.53. The number of nitrogens with one attached hydrogen (secondary N) is 1. The molecule has 0 radical (unpaired) electrons. The largest absolute Gasteiger partial charge is 0.507 e. The number of amidine groups is 1. The SMILES string of the molecule is Cc1cc(Br)c(N=C(NN=Cc2cc(Br)ccc2O)c2ccc3ccccc3n2)c(Br)c1. The molecule has 3 aromatic carbocycles. The predicted octanol–water partition coefficient (Wildman–Crippen LogP) is 7.24. The van der Waals surface area contributed by atoms with Gasteiger partial charge in [-0.15, -0.1) is 0 Å². The summed E-state index contributed by atoms with van der Waals surface area (Å²) in [5.41, 5.74) is 6.88. The van der Waals surface area contributed by atoms with Gasteiger partial charge in [0.1, 0.15) is 11.4 Å². The van der Waals surface area contributed by atoms with Gasteiger partial charge in [0.2, 0.25) is 0 Å². The highest BCUT2D eigenvalue weighted by atomic mass is 79.9. The molecule has 0 aliphatic carbocycles. The Balaban J connectivity index is 1.77. The zero-order valence-corrected chi connectivity index (χ0v) is 21.6. The number of phenols is 1. The van der Waals surface area contributed by atoms with Crippen molar-refractivity contribution >= 4 is 76.4 Å². The lowest BCUT2D eigenvalue weighted by atomic mass is 10.2. The van der Waals surface area contributed by atoms with Crippen molar-refractivity contribution in [3.63, 3.8) is 0 Å². The topological polar surface area (TPSA) is 69.9 Å². The number of rotatable bonds is 4. The summed E-state index contributed by atoms with van der Waals surface area (Å²) in [6.07, 6.45) is 1.54. The average molecular weight is 617 g/mol. The number of hydrogen-bond acceptors (Lipinski definition) is 4. The van der Waals surface area contributed by atoms with Gasteiger partial charge in [-0.25, -0.2) is 9.98 Å². The van der Waals surface area contributed by atoms with Crippen molar-refractivity contribution < 1.29 is 5.11 Å². The lowest BCUT2D eigenvalue weighted by molar-refractivity contribution is 0.474. The van der Waals surface area contributed by atoms with E-state index in [9.17, 15) is 5.11 Å². The van der Waals surface area contributed by atoms with Crippen LogP contribution >= 0.6 is 47.8 Å². The number of benzene rings is 3. The maximum Gasteiger partial charge on any atom is 0.173 e. The predicted molar refractivity (Wildman–Crippen MR) is 141 cm³/mol. The van der Waals surface area contributed by atoms with Crippen molar-refractivity contribution in [2.75, 3.05) is 0 Å². The number of fused-ring (bicyclic) bond motifs is 1. The van der Waals surface area contributed by atoms with Gasteiger partial charge in [0, 0.05) is 24.4 Å². The first-order chi connectivity index (χ1) is 15.4. The fourth-order valence-corrected chi connectivity index (χ4v) is 5.01. The maximum absolute atomic E-state index is 10.1. The van der Waals surface area contributed by atoms with Gasteiger partial charge in [-0.1, -0.05) is 40.2 Å². The summed E-state index contributed by atoms with van der Waals surface area (Å²) in [7, 11) is 0. The molecule has 4 aromatic rings. The Labute approximate surface area is 210 Å². The molecule has 0 saturated carbocycles. The average Bonchev–Trinajstić information content (AvgIpc) is 2.77. The summed E-state index contributed by atoms with van der Waals surface area (Å²) in [6, 6.07) is 20.9. The van der Waals surface area contributed by atoms with E-state index in [1.54, 1.807) is 18.2 Å². The van der Waals surface area contributed by atoms with Gasteiger partial charge in [-0.05, 0) is 86.8 Å². The van der Waals surface area contributed by atoms with Gasteiger partial charge in [-0.2, -0.15) is 5.10 Å². The van der Waals surface area contributed by atoms with Crippen molar-refractivity contribution in [1.29, 1.82) is 0 Å². The van der Waals surface area contributed by atoms with Crippen molar-refractivity contribution in [2.24, 2.45) is 10.1 Å². The second-order valence-electron chi connectivity index (χ2n) is 7.00. The van der Waals surface area contributed by atoms with E-state index in [1.165, 1.54) is 6.21 Å². The normalized spacial score (nSPS) is 11.9. The molecule has 8 heteroatoms. The van der Waals surface area contributed by atoms with E-state index in [4.69, 9.17) is 9.98 Å². The molecule has 0 aliphatic rings. The molecule has 0 amide bonds. The monoisotopic (exact) mass is 614 g/mol. The van der Waals surface area contributed by atoms with Crippen LogP contribution in [0, 0.1) is 6.92 Å². The van der Waals surface area contributed by atoms with Crippen LogP contribution in [0.15, 0.2) is 90.2 Å². The molecule has 0 fully saturated rings. The summed E-state index contributed by atoms with van der Waals surface area (Å²) in [5, 5.41) is 15.4. The quantitative estimate of drug-likeness (QED) is 0.144. The maximum atomic E-state index is 10.1. The first-order valence-electron chi connectivity index (χ1n) is 9.59. The Bertz CT molecular complexity index is 1350. The lowest BCUT2D eigenvalue weighted by Crippen LogP contribution is -2.20. The number of halogens is 3. The molecule has 32 heavy (non-hydrogen) atoms. The molecule has 1 heterocycles. The molecule has 4 rings (SSSR count). The zero-order valence-electron chi connectivity index (χ0n) is 16.9.